The van der Waals surface area contributed by atoms with Gasteiger partial charge in [0.25, 0.3) is 0 Å². The van der Waals surface area contributed by atoms with Crippen LogP contribution in [0.3, 0.4) is 0 Å². The monoisotopic (exact) mass is 376 g/mol. The zero-order valence-electron chi connectivity index (χ0n) is 17.6. The van der Waals surface area contributed by atoms with Gasteiger partial charge in [-0.25, -0.2) is 9.97 Å². The fourth-order valence-corrected chi connectivity index (χ4v) is 3.60. The van der Waals surface area contributed by atoms with E-state index in [0.717, 1.165) is 52.7 Å². The molecule has 0 amide bonds. The predicted octanol–water partition coefficient (Wildman–Crippen LogP) is 5.57. The molecule has 0 aliphatic heterocycles. The van der Waals surface area contributed by atoms with Crippen LogP contribution in [-0.4, -0.2) is 24.2 Å². The van der Waals surface area contributed by atoms with Crippen LogP contribution >= 0.6 is 0 Å². The van der Waals surface area contributed by atoms with Crippen molar-refractivity contribution >= 4 is 0 Å². The summed E-state index contributed by atoms with van der Waals surface area (Å²) < 4.78 is 11.0. The van der Waals surface area contributed by atoms with Crippen LogP contribution in [0.15, 0.2) is 36.4 Å². The molecule has 0 saturated carbocycles. The van der Waals surface area contributed by atoms with E-state index in [9.17, 15) is 0 Å². The summed E-state index contributed by atoms with van der Waals surface area (Å²) in [7, 11) is 3.32. The number of nitrogens with zero attached hydrogens (tertiary/aromatic N) is 2. The largest absolute Gasteiger partial charge is 0.497 e. The summed E-state index contributed by atoms with van der Waals surface area (Å²) >= 11 is 0. The van der Waals surface area contributed by atoms with E-state index in [1.807, 2.05) is 18.2 Å². The Morgan fingerprint density at radius 3 is 1.96 bits per heavy atom. The first-order chi connectivity index (χ1) is 13.5. The molecule has 2 aromatic carbocycles. The normalized spacial score (nSPS) is 10.8. The molecule has 0 spiro atoms. The van der Waals surface area contributed by atoms with Crippen molar-refractivity contribution in [1.29, 1.82) is 0 Å². The molecule has 1 aromatic heterocycles. The highest BCUT2D eigenvalue weighted by Crippen LogP contribution is 2.36. The summed E-state index contributed by atoms with van der Waals surface area (Å²) in [6.45, 7) is 8.51. The lowest BCUT2D eigenvalue weighted by Crippen LogP contribution is -2.06. The average molecular weight is 377 g/mol. The number of hydrogen-bond donors (Lipinski definition) is 0. The molecular weight excluding hydrogens is 348 g/mol. The zero-order valence-corrected chi connectivity index (χ0v) is 17.6. The molecule has 4 nitrogen and oxygen atoms in total. The Morgan fingerprint density at radius 2 is 1.39 bits per heavy atom. The van der Waals surface area contributed by atoms with E-state index in [1.165, 1.54) is 16.7 Å². The second kappa shape index (κ2) is 8.42. The molecule has 3 rings (SSSR count). The zero-order chi connectivity index (χ0) is 20.3. The minimum atomic E-state index is 0.741. The van der Waals surface area contributed by atoms with Gasteiger partial charge >= 0.3 is 0 Å². The number of benzene rings is 2. The standard InChI is InChI=1S/C24H28N2O2/c1-7-19-23(18-13-12-17(27-5)14-21(18)28-6)25-20(8-2)24(26-19)22-15(3)10-9-11-16(22)4/h9-14H,7-8H2,1-6H3. The van der Waals surface area contributed by atoms with Crippen molar-refractivity contribution in [1.82, 2.24) is 9.97 Å². The highest BCUT2D eigenvalue weighted by molar-refractivity contribution is 5.75. The molecule has 4 heteroatoms. The quantitative estimate of drug-likeness (QED) is 0.564. The molecule has 0 N–H and O–H groups in total. The maximum absolute atomic E-state index is 5.62. The van der Waals surface area contributed by atoms with Gasteiger partial charge in [-0.3, -0.25) is 0 Å². The Hall–Kier alpha value is -2.88. The summed E-state index contributed by atoms with van der Waals surface area (Å²) in [6, 6.07) is 12.2. The van der Waals surface area contributed by atoms with Crippen LogP contribution in [0.5, 0.6) is 11.5 Å². The van der Waals surface area contributed by atoms with E-state index in [4.69, 9.17) is 19.4 Å². The number of methoxy groups -OCH3 is 2. The van der Waals surface area contributed by atoms with Crippen LogP contribution in [0.1, 0.15) is 36.4 Å². The third kappa shape index (κ3) is 3.59. The van der Waals surface area contributed by atoms with Gasteiger partial charge in [0.2, 0.25) is 0 Å². The van der Waals surface area contributed by atoms with Gasteiger partial charge in [-0.1, -0.05) is 32.0 Å². The van der Waals surface area contributed by atoms with Crippen molar-refractivity contribution in [3.8, 4) is 34.0 Å². The topological polar surface area (TPSA) is 44.2 Å². The minimum Gasteiger partial charge on any atom is -0.497 e. The molecular formula is C24H28N2O2. The van der Waals surface area contributed by atoms with Gasteiger partial charge in [-0.2, -0.15) is 0 Å². The summed E-state index contributed by atoms with van der Waals surface area (Å²) in [6.07, 6.45) is 1.60. The van der Waals surface area contributed by atoms with E-state index in [0.29, 0.717) is 0 Å². The Labute approximate surface area is 167 Å². The van der Waals surface area contributed by atoms with Crippen LogP contribution in [0.2, 0.25) is 0 Å². The van der Waals surface area contributed by atoms with E-state index >= 15 is 0 Å². The first-order valence-electron chi connectivity index (χ1n) is 9.72. The van der Waals surface area contributed by atoms with Crippen LogP contribution in [0.25, 0.3) is 22.5 Å². The first kappa shape index (κ1) is 19.9. The number of aryl methyl sites for hydroxylation is 4. The summed E-state index contributed by atoms with van der Waals surface area (Å²) in [5.41, 5.74) is 8.42. The number of aromatic nitrogens is 2. The third-order valence-electron chi connectivity index (χ3n) is 5.09. The molecule has 0 unspecified atom stereocenters. The Morgan fingerprint density at radius 1 is 0.786 bits per heavy atom. The van der Waals surface area contributed by atoms with Crippen LogP contribution in [-0.2, 0) is 12.8 Å². The fraction of sp³-hybridized carbons (Fsp3) is 0.333. The lowest BCUT2D eigenvalue weighted by Gasteiger charge is -2.18. The molecule has 0 aliphatic rings. The van der Waals surface area contributed by atoms with Crippen LogP contribution in [0, 0.1) is 13.8 Å². The first-order valence-corrected chi connectivity index (χ1v) is 9.72. The van der Waals surface area contributed by atoms with Crippen molar-refractivity contribution in [3.05, 3.63) is 58.9 Å². The van der Waals surface area contributed by atoms with Crippen molar-refractivity contribution in [3.63, 3.8) is 0 Å². The molecule has 0 bridgehead atoms. The van der Waals surface area contributed by atoms with Gasteiger partial charge in [0, 0.05) is 17.2 Å². The fourth-order valence-electron chi connectivity index (χ4n) is 3.60. The highest BCUT2D eigenvalue weighted by Gasteiger charge is 2.19. The van der Waals surface area contributed by atoms with Gasteiger partial charge in [0.15, 0.2) is 0 Å². The van der Waals surface area contributed by atoms with Crippen molar-refractivity contribution in [2.75, 3.05) is 14.2 Å². The summed E-state index contributed by atoms with van der Waals surface area (Å²) in [5, 5.41) is 0. The van der Waals surface area contributed by atoms with E-state index in [2.05, 4.69) is 45.9 Å². The lowest BCUT2D eigenvalue weighted by atomic mass is 9.96. The maximum atomic E-state index is 5.62. The minimum absolute atomic E-state index is 0.741. The van der Waals surface area contributed by atoms with Gasteiger partial charge in [-0.15, -0.1) is 0 Å². The lowest BCUT2D eigenvalue weighted by molar-refractivity contribution is 0.395. The van der Waals surface area contributed by atoms with Crippen molar-refractivity contribution in [2.45, 2.75) is 40.5 Å². The van der Waals surface area contributed by atoms with E-state index in [-0.39, 0.29) is 0 Å². The number of ether oxygens (including phenoxy) is 2. The second-order valence-electron chi connectivity index (χ2n) is 6.85. The smallest absolute Gasteiger partial charge is 0.132 e. The predicted molar refractivity (Wildman–Crippen MR) is 114 cm³/mol. The maximum Gasteiger partial charge on any atom is 0.132 e. The molecule has 0 saturated heterocycles. The SMILES string of the molecule is CCc1nc(-c2c(C)cccc2C)c(CC)nc1-c1ccc(OC)cc1OC. The molecule has 0 atom stereocenters. The molecule has 0 fully saturated rings. The molecule has 28 heavy (non-hydrogen) atoms. The van der Waals surface area contributed by atoms with E-state index in [1.54, 1.807) is 14.2 Å². The Balaban J connectivity index is 2.26. The van der Waals surface area contributed by atoms with Gasteiger partial charge in [0.05, 0.1) is 37.0 Å². The van der Waals surface area contributed by atoms with Crippen molar-refractivity contribution < 1.29 is 9.47 Å². The van der Waals surface area contributed by atoms with Gasteiger partial charge < -0.3 is 9.47 Å². The van der Waals surface area contributed by atoms with E-state index < -0.39 is 0 Å². The summed E-state index contributed by atoms with van der Waals surface area (Å²) in [5.74, 6) is 1.50. The van der Waals surface area contributed by atoms with Crippen LogP contribution in [0.4, 0.5) is 0 Å². The Kier molecular flexibility index (Phi) is 5.98. The molecule has 3 aromatic rings. The average Bonchev–Trinajstić information content (AvgIpc) is 2.72. The highest BCUT2D eigenvalue weighted by atomic mass is 16.5. The van der Waals surface area contributed by atoms with Gasteiger partial charge in [-0.05, 0) is 49.9 Å². The number of hydrogen-bond acceptors (Lipinski definition) is 4. The summed E-state index contributed by atoms with van der Waals surface area (Å²) in [4.78, 5) is 10.2. The Bertz CT molecular complexity index is 976. The van der Waals surface area contributed by atoms with Crippen molar-refractivity contribution in [2.24, 2.45) is 0 Å². The molecule has 1 heterocycles. The van der Waals surface area contributed by atoms with Crippen LogP contribution < -0.4 is 9.47 Å². The van der Waals surface area contributed by atoms with Gasteiger partial charge in [0.1, 0.15) is 11.5 Å². The molecule has 0 aliphatic carbocycles. The number of rotatable bonds is 6. The second-order valence-corrected chi connectivity index (χ2v) is 6.85. The molecule has 146 valence electrons. The molecule has 0 radical (unpaired) electrons. The third-order valence-corrected chi connectivity index (χ3v) is 5.09.